The van der Waals surface area contributed by atoms with Gasteiger partial charge < -0.3 is 25.3 Å². The number of benzene rings is 1. The van der Waals surface area contributed by atoms with Crippen LogP contribution < -0.4 is 25.3 Å². The maximum atomic E-state index is 5.89. The van der Waals surface area contributed by atoms with Gasteiger partial charge in [0.05, 0.1) is 21.3 Å². The quantitative estimate of drug-likeness (QED) is 0.788. The van der Waals surface area contributed by atoms with Gasteiger partial charge in [0, 0.05) is 23.7 Å². The topological polar surface area (TPSA) is 65.7 Å². The number of hydrogen-bond acceptors (Lipinski definition) is 5. The SMILES string of the molecule is CNC(CC(C)N)c1cc(OC)c(OC)cc1OC. The summed E-state index contributed by atoms with van der Waals surface area (Å²) in [7, 11) is 6.77. The zero-order chi connectivity index (χ0) is 14.4. The standard InChI is InChI=1S/C14H24N2O3/c1-9(15)6-11(16-2)10-7-13(18-4)14(19-5)8-12(10)17-3/h7-9,11,16H,6,15H2,1-5H3. The van der Waals surface area contributed by atoms with Crippen LogP contribution in [0.4, 0.5) is 0 Å². The molecule has 108 valence electrons. The van der Waals surface area contributed by atoms with Crippen molar-refractivity contribution in [3.05, 3.63) is 17.7 Å². The van der Waals surface area contributed by atoms with Crippen molar-refractivity contribution in [1.29, 1.82) is 0 Å². The highest BCUT2D eigenvalue weighted by Gasteiger charge is 2.19. The summed E-state index contributed by atoms with van der Waals surface area (Å²) < 4.78 is 16.0. The van der Waals surface area contributed by atoms with Crippen LogP contribution in [0.15, 0.2) is 12.1 Å². The van der Waals surface area contributed by atoms with E-state index in [1.807, 2.05) is 26.1 Å². The van der Waals surface area contributed by atoms with Crippen LogP contribution in [-0.2, 0) is 0 Å². The summed E-state index contributed by atoms with van der Waals surface area (Å²) in [5.41, 5.74) is 6.90. The van der Waals surface area contributed by atoms with Gasteiger partial charge in [-0.05, 0) is 26.5 Å². The van der Waals surface area contributed by atoms with E-state index in [1.54, 1.807) is 21.3 Å². The molecule has 0 saturated heterocycles. The third kappa shape index (κ3) is 3.75. The fraction of sp³-hybridized carbons (Fsp3) is 0.571. The molecule has 0 radical (unpaired) electrons. The van der Waals surface area contributed by atoms with Gasteiger partial charge >= 0.3 is 0 Å². The van der Waals surface area contributed by atoms with Crippen LogP contribution in [0.5, 0.6) is 17.2 Å². The van der Waals surface area contributed by atoms with Gasteiger partial charge in [-0.3, -0.25) is 0 Å². The van der Waals surface area contributed by atoms with Crippen LogP contribution in [0.2, 0.25) is 0 Å². The van der Waals surface area contributed by atoms with Gasteiger partial charge in [-0.25, -0.2) is 0 Å². The lowest BCUT2D eigenvalue weighted by Gasteiger charge is -2.22. The van der Waals surface area contributed by atoms with Crippen LogP contribution in [0, 0.1) is 0 Å². The lowest BCUT2D eigenvalue weighted by molar-refractivity contribution is 0.344. The largest absolute Gasteiger partial charge is 0.496 e. The first-order valence-electron chi connectivity index (χ1n) is 6.30. The van der Waals surface area contributed by atoms with Gasteiger partial charge in [0.15, 0.2) is 11.5 Å². The molecule has 1 aromatic rings. The Bertz CT molecular complexity index is 408. The summed E-state index contributed by atoms with van der Waals surface area (Å²) in [5, 5.41) is 3.26. The van der Waals surface area contributed by atoms with Gasteiger partial charge in [-0.2, -0.15) is 0 Å². The summed E-state index contributed by atoms with van der Waals surface area (Å²) in [4.78, 5) is 0. The highest BCUT2D eigenvalue weighted by atomic mass is 16.5. The van der Waals surface area contributed by atoms with Crippen molar-refractivity contribution < 1.29 is 14.2 Å². The van der Waals surface area contributed by atoms with Crippen molar-refractivity contribution in [2.75, 3.05) is 28.4 Å². The number of nitrogens with two attached hydrogens (primary N) is 1. The van der Waals surface area contributed by atoms with Crippen LogP contribution in [0.25, 0.3) is 0 Å². The highest BCUT2D eigenvalue weighted by Crippen LogP contribution is 2.38. The summed E-state index contributed by atoms with van der Waals surface area (Å²) >= 11 is 0. The van der Waals surface area contributed by atoms with E-state index in [2.05, 4.69) is 5.32 Å². The molecule has 0 saturated carbocycles. The molecule has 0 amide bonds. The molecule has 1 rings (SSSR count). The van der Waals surface area contributed by atoms with Gasteiger partial charge in [-0.15, -0.1) is 0 Å². The van der Waals surface area contributed by atoms with E-state index in [1.165, 1.54) is 0 Å². The highest BCUT2D eigenvalue weighted by molar-refractivity contribution is 5.51. The molecule has 0 aliphatic heterocycles. The number of nitrogens with one attached hydrogen (secondary N) is 1. The fourth-order valence-electron chi connectivity index (χ4n) is 2.10. The van der Waals surface area contributed by atoms with Crippen molar-refractivity contribution in [1.82, 2.24) is 5.32 Å². The molecule has 0 aliphatic carbocycles. The molecule has 2 unspecified atom stereocenters. The molecule has 5 nitrogen and oxygen atoms in total. The molecule has 0 fully saturated rings. The van der Waals surface area contributed by atoms with Gasteiger partial charge in [0.2, 0.25) is 0 Å². The van der Waals surface area contributed by atoms with E-state index in [4.69, 9.17) is 19.9 Å². The van der Waals surface area contributed by atoms with Gasteiger partial charge in [0.1, 0.15) is 5.75 Å². The summed E-state index contributed by atoms with van der Waals surface area (Å²) in [6.45, 7) is 1.98. The smallest absolute Gasteiger partial charge is 0.164 e. The number of methoxy groups -OCH3 is 3. The predicted octanol–water partition coefficient (Wildman–Crippen LogP) is 1.71. The third-order valence-corrected chi connectivity index (χ3v) is 3.07. The van der Waals surface area contributed by atoms with Gasteiger partial charge in [-0.1, -0.05) is 0 Å². The number of hydrogen-bond donors (Lipinski definition) is 2. The van der Waals surface area contributed by atoms with E-state index < -0.39 is 0 Å². The van der Waals surface area contributed by atoms with Crippen molar-refractivity contribution >= 4 is 0 Å². The molecular weight excluding hydrogens is 244 g/mol. The molecule has 0 spiro atoms. The first kappa shape index (κ1) is 15.6. The van der Waals surface area contributed by atoms with Crippen LogP contribution in [0.1, 0.15) is 24.9 Å². The van der Waals surface area contributed by atoms with E-state index in [0.717, 1.165) is 17.7 Å². The minimum Gasteiger partial charge on any atom is -0.496 e. The van der Waals surface area contributed by atoms with Crippen molar-refractivity contribution in [2.45, 2.75) is 25.4 Å². The molecular formula is C14H24N2O3. The van der Waals surface area contributed by atoms with Gasteiger partial charge in [0.25, 0.3) is 0 Å². The van der Waals surface area contributed by atoms with Crippen LogP contribution in [0.3, 0.4) is 0 Å². The van der Waals surface area contributed by atoms with Crippen LogP contribution >= 0.6 is 0 Å². The zero-order valence-corrected chi connectivity index (χ0v) is 12.3. The Kier molecular flexibility index (Phi) is 5.92. The number of ether oxygens (including phenoxy) is 3. The monoisotopic (exact) mass is 268 g/mol. The first-order valence-corrected chi connectivity index (χ1v) is 6.30. The van der Waals surface area contributed by atoms with Crippen molar-refractivity contribution in [2.24, 2.45) is 5.73 Å². The van der Waals surface area contributed by atoms with E-state index >= 15 is 0 Å². The normalized spacial score (nSPS) is 13.8. The minimum atomic E-state index is 0.0928. The molecule has 0 aliphatic rings. The van der Waals surface area contributed by atoms with Crippen molar-refractivity contribution in [3.63, 3.8) is 0 Å². The average Bonchev–Trinajstić information content (AvgIpc) is 2.42. The third-order valence-electron chi connectivity index (χ3n) is 3.07. The molecule has 0 heterocycles. The second-order valence-corrected chi connectivity index (χ2v) is 4.50. The van der Waals surface area contributed by atoms with E-state index in [9.17, 15) is 0 Å². The maximum absolute atomic E-state index is 5.89. The second kappa shape index (κ2) is 7.21. The van der Waals surface area contributed by atoms with E-state index in [-0.39, 0.29) is 12.1 Å². The Labute approximate surface area is 115 Å². The number of rotatable bonds is 7. The Balaban J connectivity index is 3.23. The molecule has 2 atom stereocenters. The first-order chi connectivity index (χ1) is 9.07. The molecule has 0 bridgehead atoms. The second-order valence-electron chi connectivity index (χ2n) is 4.50. The average molecular weight is 268 g/mol. The summed E-state index contributed by atoms with van der Waals surface area (Å²) in [6, 6.07) is 3.96. The van der Waals surface area contributed by atoms with E-state index in [0.29, 0.717) is 11.5 Å². The van der Waals surface area contributed by atoms with Crippen molar-refractivity contribution in [3.8, 4) is 17.2 Å². The Morgan fingerprint density at radius 3 is 2.00 bits per heavy atom. The Hall–Kier alpha value is -1.46. The molecule has 1 aromatic carbocycles. The summed E-state index contributed by atoms with van der Waals surface area (Å²) in [5.74, 6) is 2.10. The Morgan fingerprint density at radius 2 is 1.58 bits per heavy atom. The predicted molar refractivity (Wildman–Crippen MR) is 76.2 cm³/mol. The summed E-state index contributed by atoms with van der Waals surface area (Å²) in [6.07, 6.45) is 0.808. The lowest BCUT2D eigenvalue weighted by Crippen LogP contribution is -2.26. The minimum absolute atomic E-state index is 0.0928. The fourth-order valence-corrected chi connectivity index (χ4v) is 2.10. The molecule has 19 heavy (non-hydrogen) atoms. The molecule has 5 heteroatoms. The molecule has 3 N–H and O–H groups in total. The maximum Gasteiger partial charge on any atom is 0.164 e. The lowest BCUT2D eigenvalue weighted by atomic mass is 9.99. The molecule has 0 aromatic heterocycles. The van der Waals surface area contributed by atoms with Crippen LogP contribution in [-0.4, -0.2) is 34.4 Å². The Morgan fingerprint density at radius 1 is 1.05 bits per heavy atom. The zero-order valence-electron chi connectivity index (χ0n) is 12.3.